The van der Waals surface area contributed by atoms with Crippen molar-refractivity contribution in [3.05, 3.63) is 54.1 Å². The molecule has 1 aliphatic heterocycles. The third-order valence-electron chi connectivity index (χ3n) is 4.27. The lowest BCUT2D eigenvalue weighted by Crippen LogP contribution is -2.24. The van der Waals surface area contributed by atoms with Crippen LogP contribution < -0.4 is 15.0 Å². The molecule has 3 rings (SSSR count). The first-order valence-electron chi connectivity index (χ1n) is 9.17. The Bertz CT molecular complexity index is 881. The molecule has 0 aromatic heterocycles. The first-order valence-corrected chi connectivity index (χ1v) is 9.17. The van der Waals surface area contributed by atoms with Crippen LogP contribution in [-0.4, -0.2) is 37.5 Å². The van der Waals surface area contributed by atoms with Crippen molar-refractivity contribution in [3.8, 4) is 5.75 Å². The number of rotatable bonds is 7. The zero-order chi connectivity index (χ0) is 19.9. The van der Waals surface area contributed by atoms with Gasteiger partial charge in [0.15, 0.2) is 6.61 Å². The van der Waals surface area contributed by atoms with E-state index in [1.54, 1.807) is 54.3 Å². The molecule has 7 nitrogen and oxygen atoms in total. The van der Waals surface area contributed by atoms with Gasteiger partial charge in [-0.15, -0.1) is 0 Å². The number of hydrogen-bond acceptors (Lipinski definition) is 5. The fraction of sp³-hybridized carbons (Fsp3) is 0.286. The number of hydrogen-bond donors (Lipinski definition) is 1. The van der Waals surface area contributed by atoms with E-state index in [2.05, 4.69) is 5.32 Å². The van der Waals surface area contributed by atoms with E-state index in [4.69, 9.17) is 9.47 Å². The van der Waals surface area contributed by atoms with Gasteiger partial charge in [0.25, 0.3) is 5.91 Å². The first-order chi connectivity index (χ1) is 13.6. The van der Waals surface area contributed by atoms with Crippen LogP contribution in [0.15, 0.2) is 48.5 Å². The van der Waals surface area contributed by atoms with E-state index in [-0.39, 0.29) is 24.7 Å². The van der Waals surface area contributed by atoms with E-state index in [0.29, 0.717) is 24.4 Å². The molecule has 2 aromatic rings. The van der Waals surface area contributed by atoms with Crippen LogP contribution >= 0.6 is 0 Å². The largest absolute Gasteiger partial charge is 0.484 e. The van der Waals surface area contributed by atoms with Crippen LogP contribution in [0, 0.1) is 0 Å². The second-order valence-electron chi connectivity index (χ2n) is 6.25. The Balaban J connectivity index is 1.61. The summed E-state index contributed by atoms with van der Waals surface area (Å²) in [4.78, 5) is 37.8. The number of carbonyl (C=O) groups excluding carboxylic acids is 3. The van der Waals surface area contributed by atoms with E-state index in [0.717, 1.165) is 12.1 Å². The Labute approximate surface area is 163 Å². The summed E-state index contributed by atoms with van der Waals surface area (Å²) in [5.41, 5.74) is 1.41. The minimum absolute atomic E-state index is 0.0884. The first kappa shape index (κ1) is 19.4. The summed E-state index contributed by atoms with van der Waals surface area (Å²) >= 11 is 0. The summed E-state index contributed by atoms with van der Waals surface area (Å²) in [6.45, 7) is 2.43. The Kier molecular flexibility index (Phi) is 6.26. The third-order valence-corrected chi connectivity index (χ3v) is 4.27. The van der Waals surface area contributed by atoms with Gasteiger partial charge in [-0.2, -0.15) is 0 Å². The lowest BCUT2D eigenvalue weighted by Gasteiger charge is -2.16. The molecule has 1 saturated heterocycles. The normalized spacial score (nSPS) is 13.3. The Morgan fingerprint density at radius 3 is 2.71 bits per heavy atom. The van der Waals surface area contributed by atoms with E-state index >= 15 is 0 Å². The summed E-state index contributed by atoms with van der Waals surface area (Å²) in [5, 5.41) is 2.67. The van der Waals surface area contributed by atoms with Gasteiger partial charge in [0.05, 0.1) is 17.9 Å². The maximum atomic E-state index is 12.3. The molecule has 1 heterocycles. The van der Waals surface area contributed by atoms with Gasteiger partial charge in [-0.3, -0.25) is 9.59 Å². The number of ether oxygens (including phenoxy) is 2. The van der Waals surface area contributed by atoms with Gasteiger partial charge >= 0.3 is 5.97 Å². The molecule has 1 aliphatic rings. The van der Waals surface area contributed by atoms with Crippen LogP contribution in [0.25, 0.3) is 0 Å². The molecule has 0 bridgehead atoms. The van der Waals surface area contributed by atoms with Crippen molar-refractivity contribution in [2.24, 2.45) is 0 Å². The highest BCUT2D eigenvalue weighted by molar-refractivity contribution is 6.01. The lowest BCUT2D eigenvalue weighted by molar-refractivity contribution is -0.118. The highest BCUT2D eigenvalue weighted by atomic mass is 16.5. The minimum Gasteiger partial charge on any atom is -0.484 e. The Hall–Kier alpha value is -3.35. The molecule has 1 N–H and O–H groups in total. The van der Waals surface area contributed by atoms with Gasteiger partial charge in [-0.25, -0.2) is 4.79 Å². The smallest absolute Gasteiger partial charge is 0.340 e. The zero-order valence-corrected chi connectivity index (χ0v) is 15.6. The minimum atomic E-state index is -0.498. The second-order valence-corrected chi connectivity index (χ2v) is 6.25. The number of esters is 1. The Morgan fingerprint density at radius 1 is 1.14 bits per heavy atom. The summed E-state index contributed by atoms with van der Waals surface area (Å²) < 4.78 is 10.6. The highest BCUT2D eigenvalue weighted by Gasteiger charge is 2.22. The van der Waals surface area contributed by atoms with Crippen molar-refractivity contribution < 1.29 is 23.9 Å². The van der Waals surface area contributed by atoms with E-state index < -0.39 is 11.9 Å². The summed E-state index contributed by atoms with van der Waals surface area (Å²) in [6.07, 6.45) is 1.39. The fourth-order valence-electron chi connectivity index (χ4n) is 2.98. The lowest BCUT2D eigenvalue weighted by atomic mass is 10.2. The average Bonchev–Trinajstić information content (AvgIpc) is 3.13. The van der Waals surface area contributed by atoms with Crippen molar-refractivity contribution in [1.82, 2.24) is 0 Å². The number of amides is 2. The molecule has 7 heteroatoms. The molecule has 0 spiro atoms. The van der Waals surface area contributed by atoms with Crippen molar-refractivity contribution in [2.45, 2.75) is 19.8 Å². The molecule has 0 saturated carbocycles. The van der Waals surface area contributed by atoms with Gasteiger partial charge in [0.1, 0.15) is 5.75 Å². The van der Waals surface area contributed by atoms with Gasteiger partial charge in [0.2, 0.25) is 5.91 Å². The molecule has 146 valence electrons. The molecule has 2 amide bonds. The number of nitrogens with one attached hydrogen (secondary N) is 1. The van der Waals surface area contributed by atoms with E-state index in [1.165, 1.54) is 0 Å². The SMILES string of the molecule is CCOC(=O)c1ccccc1NC(=O)COc1cccc(N2CCCC2=O)c1. The average molecular weight is 382 g/mol. The van der Waals surface area contributed by atoms with Crippen molar-refractivity contribution in [3.63, 3.8) is 0 Å². The predicted octanol–water partition coefficient (Wildman–Crippen LogP) is 3.01. The number of carbonyl (C=O) groups is 3. The molecule has 0 aliphatic carbocycles. The Morgan fingerprint density at radius 2 is 1.96 bits per heavy atom. The van der Waals surface area contributed by atoms with E-state index in [1.807, 2.05) is 6.07 Å². The molecular weight excluding hydrogens is 360 g/mol. The van der Waals surface area contributed by atoms with Gasteiger partial charge in [-0.05, 0) is 37.6 Å². The molecule has 28 heavy (non-hydrogen) atoms. The van der Waals surface area contributed by atoms with Crippen molar-refractivity contribution in [2.75, 3.05) is 30.0 Å². The van der Waals surface area contributed by atoms with E-state index in [9.17, 15) is 14.4 Å². The van der Waals surface area contributed by atoms with Crippen molar-refractivity contribution >= 4 is 29.2 Å². The number of benzene rings is 2. The molecule has 2 aromatic carbocycles. The summed E-state index contributed by atoms with van der Waals surface area (Å²) in [6, 6.07) is 13.7. The predicted molar refractivity (Wildman–Crippen MR) is 105 cm³/mol. The third kappa shape index (κ3) is 4.68. The molecule has 0 unspecified atom stereocenters. The highest BCUT2D eigenvalue weighted by Crippen LogP contribution is 2.25. The summed E-state index contributed by atoms with van der Waals surface area (Å²) in [5.74, 6) is -0.321. The van der Waals surface area contributed by atoms with Crippen LogP contribution in [0.5, 0.6) is 5.75 Å². The maximum absolute atomic E-state index is 12.3. The fourth-order valence-corrected chi connectivity index (χ4v) is 2.98. The van der Waals surface area contributed by atoms with Crippen LogP contribution in [0.4, 0.5) is 11.4 Å². The van der Waals surface area contributed by atoms with Crippen LogP contribution in [0.3, 0.4) is 0 Å². The zero-order valence-electron chi connectivity index (χ0n) is 15.6. The molecular formula is C21H22N2O5. The summed E-state index contributed by atoms with van der Waals surface area (Å²) in [7, 11) is 0. The standard InChI is InChI=1S/C21H22N2O5/c1-2-27-21(26)17-9-3-4-10-18(17)22-19(24)14-28-16-8-5-7-15(13-16)23-12-6-11-20(23)25/h3-5,7-10,13H,2,6,11-12,14H2,1H3,(H,22,24). The maximum Gasteiger partial charge on any atom is 0.340 e. The van der Waals surface area contributed by atoms with Crippen LogP contribution in [0.1, 0.15) is 30.1 Å². The van der Waals surface area contributed by atoms with Crippen LogP contribution in [-0.2, 0) is 14.3 Å². The molecule has 0 radical (unpaired) electrons. The van der Waals surface area contributed by atoms with Crippen molar-refractivity contribution in [1.29, 1.82) is 0 Å². The second kappa shape index (κ2) is 9.03. The molecule has 0 atom stereocenters. The van der Waals surface area contributed by atoms with Gasteiger partial charge < -0.3 is 19.7 Å². The van der Waals surface area contributed by atoms with Crippen LogP contribution in [0.2, 0.25) is 0 Å². The molecule has 1 fully saturated rings. The van der Waals surface area contributed by atoms with Gasteiger partial charge in [0, 0.05) is 24.7 Å². The number of para-hydroxylation sites is 1. The monoisotopic (exact) mass is 382 g/mol. The number of anilines is 2. The quantitative estimate of drug-likeness (QED) is 0.744. The topological polar surface area (TPSA) is 84.9 Å². The van der Waals surface area contributed by atoms with Gasteiger partial charge in [-0.1, -0.05) is 18.2 Å². The number of nitrogens with zero attached hydrogens (tertiary/aromatic N) is 1.